The van der Waals surface area contributed by atoms with Crippen LogP contribution in [-0.2, 0) is 0 Å². The first-order valence-corrected chi connectivity index (χ1v) is 3.80. The van der Waals surface area contributed by atoms with Gasteiger partial charge >= 0.3 is 0 Å². The van der Waals surface area contributed by atoms with Gasteiger partial charge in [-0.2, -0.15) is 5.26 Å². The number of nitrogens with zero attached hydrogens (tertiary/aromatic N) is 2. The molecule has 0 radical (unpaired) electrons. The van der Waals surface area contributed by atoms with E-state index in [0.29, 0.717) is 5.69 Å². The van der Waals surface area contributed by atoms with Gasteiger partial charge in [0, 0.05) is 10.7 Å². The number of hydrogen-bond acceptors (Lipinski definition) is 3. The summed E-state index contributed by atoms with van der Waals surface area (Å²) in [5, 5.41) is 8.43. The minimum Gasteiger partial charge on any atom is -0.311 e. The van der Waals surface area contributed by atoms with Gasteiger partial charge in [-0.1, -0.05) is 0 Å². The maximum atomic E-state index is 8.43. The number of hydrogen-bond donors (Lipinski definition) is 1. The zero-order valence-electron chi connectivity index (χ0n) is 5.66. The normalized spacial score (nSPS) is 12.1. The Morgan fingerprint density at radius 1 is 1.64 bits per heavy atom. The molecule has 1 aromatic heterocycles. The lowest BCUT2D eigenvalue weighted by Crippen LogP contribution is -2.08. The molecule has 0 fully saturated rings. The smallest absolute Gasteiger partial charge is 0.135 e. The van der Waals surface area contributed by atoms with Crippen LogP contribution in [0.4, 0.5) is 0 Å². The predicted octanol–water partition coefficient (Wildman–Crippen LogP) is 1.37. The summed E-state index contributed by atoms with van der Waals surface area (Å²) in [4.78, 5) is 3.95. The van der Waals surface area contributed by atoms with Crippen LogP contribution in [0.15, 0.2) is 22.8 Å². The van der Waals surface area contributed by atoms with Gasteiger partial charge in [0.05, 0.1) is 11.8 Å². The van der Waals surface area contributed by atoms with E-state index in [-0.39, 0.29) is 0 Å². The summed E-state index contributed by atoms with van der Waals surface area (Å²) in [5.74, 6) is 0. The largest absolute Gasteiger partial charge is 0.311 e. The molecule has 0 unspecified atom stereocenters. The van der Waals surface area contributed by atoms with Gasteiger partial charge in [-0.25, -0.2) is 0 Å². The van der Waals surface area contributed by atoms with Gasteiger partial charge < -0.3 is 5.73 Å². The van der Waals surface area contributed by atoms with E-state index in [0.717, 1.165) is 4.47 Å². The molecule has 3 nitrogen and oxygen atoms in total. The van der Waals surface area contributed by atoms with Crippen LogP contribution < -0.4 is 5.73 Å². The lowest BCUT2D eigenvalue weighted by atomic mass is 10.2. The number of aromatic nitrogens is 1. The monoisotopic (exact) mass is 211 g/mol. The molecule has 0 aromatic carbocycles. The lowest BCUT2D eigenvalue weighted by molar-refractivity contribution is 0.874. The summed E-state index contributed by atoms with van der Waals surface area (Å²) < 4.78 is 0.881. The van der Waals surface area contributed by atoms with Crippen molar-refractivity contribution in [3.8, 4) is 6.07 Å². The molecule has 1 heterocycles. The average molecular weight is 212 g/mol. The van der Waals surface area contributed by atoms with Crippen molar-refractivity contribution >= 4 is 15.9 Å². The minimum atomic E-state index is -0.622. The zero-order chi connectivity index (χ0) is 8.27. The van der Waals surface area contributed by atoms with Crippen LogP contribution >= 0.6 is 15.9 Å². The third-order valence-electron chi connectivity index (χ3n) is 1.21. The minimum absolute atomic E-state index is 0.593. The topological polar surface area (TPSA) is 62.7 Å². The first-order chi connectivity index (χ1) is 5.24. The second-order valence-electron chi connectivity index (χ2n) is 2.01. The highest BCUT2D eigenvalue weighted by Gasteiger charge is 2.03. The summed E-state index contributed by atoms with van der Waals surface area (Å²) in [6, 6.07) is 4.80. The molecule has 0 bridgehead atoms. The van der Waals surface area contributed by atoms with E-state index in [9.17, 15) is 0 Å². The Labute approximate surface area is 73.0 Å². The van der Waals surface area contributed by atoms with Crippen molar-refractivity contribution in [1.82, 2.24) is 4.98 Å². The number of pyridine rings is 1. The Kier molecular flexibility index (Phi) is 2.58. The highest BCUT2D eigenvalue weighted by atomic mass is 79.9. The first kappa shape index (κ1) is 8.18. The Bertz CT molecular complexity index is 275. The molecule has 0 aliphatic rings. The van der Waals surface area contributed by atoms with E-state index >= 15 is 0 Å². The molecule has 0 spiro atoms. The third-order valence-corrected chi connectivity index (χ3v) is 1.68. The molecule has 4 heteroatoms. The molecule has 1 aromatic rings. The van der Waals surface area contributed by atoms with Gasteiger partial charge in [-0.05, 0) is 28.1 Å². The van der Waals surface area contributed by atoms with Crippen molar-refractivity contribution in [2.75, 3.05) is 0 Å². The van der Waals surface area contributed by atoms with Crippen LogP contribution in [0.2, 0.25) is 0 Å². The molecule has 56 valence electrons. The number of halogens is 1. The second kappa shape index (κ2) is 3.46. The summed E-state index contributed by atoms with van der Waals surface area (Å²) in [7, 11) is 0. The fourth-order valence-corrected chi connectivity index (χ4v) is 0.872. The quantitative estimate of drug-likeness (QED) is 0.764. The van der Waals surface area contributed by atoms with Crippen molar-refractivity contribution in [3.05, 3.63) is 28.5 Å². The lowest BCUT2D eigenvalue weighted by Gasteiger charge is -1.99. The fraction of sp³-hybridized carbons (Fsp3) is 0.143. The SMILES string of the molecule is N#C[C@H](N)c1ccc(Br)cn1. The molecule has 2 N–H and O–H groups in total. The molecule has 0 saturated heterocycles. The van der Waals surface area contributed by atoms with Gasteiger partial charge in [0.25, 0.3) is 0 Å². The average Bonchev–Trinajstić information content (AvgIpc) is 2.05. The number of nitriles is 1. The van der Waals surface area contributed by atoms with Crippen molar-refractivity contribution in [2.45, 2.75) is 6.04 Å². The van der Waals surface area contributed by atoms with E-state index in [2.05, 4.69) is 20.9 Å². The van der Waals surface area contributed by atoms with Gasteiger partial charge in [-0.15, -0.1) is 0 Å². The molecule has 11 heavy (non-hydrogen) atoms. The maximum absolute atomic E-state index is 8.43. The van der Waals surface area contributed by atoms with Gasteiger partial charge in [-0.3, -0.25) is 4.98 Å². The van der Waals surface area contributed by atoms with Crippen LogP contribution in [0, 0.1) is 11.3 Å². The van der Waals surface area contributed by atoms with Crippen LogP contribution in [-0.4, -0.2) is 4.98 Å². The number of nitrogens with two attached hydrogens (primary N) is 1. The van der Waals surface area contributed by atoms with Gasteiger partial charge in [0.1, 0.15) is 6.04 Å². The van der Waals surface area contributed by atoms with E-state index in [1.165, 1.54) is 0 Å². The molecule has 0 aliphatic carbocycles. The molecular weight excluding hydrogens is 206 g/mol. The Balaban J connectivity index is 2.92. The van der Waals surface area contributed by atoms with Gasteiger partial charge in [0.2, 0.25) is 0 Å². The van der Waals surface area contributed by atoms with Gasteiger partial charge in [0.15, 0.2) is 0 Å². The Morgan fingerprint density at radius 2 is 2.36 bits per heavy atom. The van der Waals surface area contributed by atoms with Crippen molar-refractivity contribution in [1.29, 1.82) is 5.26 Å². The fourth-order valence-electron chi connectivity index (χ4n) is 0.637. The highest BCUT2D eigenvalue weighted by molar-refractivity contribution is 9.10. The van der Waals surface area contributed by atoms with Crippen molar-refractivity contribution in [2.24, 2.45) is 5.73 Å². The molecule has 1 atom stereocenters. The van der Waals surface area contributed by atoms with E-state index in [1.807, 2.05) is 6.07 Å². The van der Waals surface area contributed by atoms with Crippen LogP contribution in [0.3, 0.4) is 0 Å². The highest BCUT2D eigenvalue weighted by Crippen LogP contribution is 2.10. The van der Waals surface area contributed by atoms with Crippen LogP contribution in [0.25, 0.3) is 0 Å². The van der Waals surface area contributed by atoms with Crippen molar-refractivity contribution in [3.63, 3.8) is 0 Å². The molecule has 0 amide bonds. The summed E-state index contributed by atoms with van der Waals surface area (Å²) in [6.45, 7) is 0. The molecule has 1 rings (SSSR count). The van der Waals surface area contributed by atoms with Crippen molar-refractivity contribution < 1.29 is 0 Å². The van der Waals surface area contributed by atoms with E-state index in [4.69, 9.17) is 11.0 Å². The number of rotatable bonds is 1. The zero-order valence-corrected chi connectivity index (χ0v) is 7.25. The standard InChI is InChI=1S/C7H6BrN3/c8-5-1-2-7(11-4-5)6(10)3-9/h1-2,4,6H,10H2/t6-/m0/s1. The predicted molar refractivity (Wildman–Crippen MR) is 44.5 cm³/mol. The molecule has 0 saturated carbocycles. The maximum Gasteiger partial charge on any atom is 0.135 e. The molecule has 0 aliphatic heterocycles. The van der Waals surface area contributed by atoms with E-state index < -0.39 is 6.04 Å². The Morgan fingerprint density at radius 3 is 2.82 bits per heavy atom. The van der Waals surface area contributed by atoms with Crippen LogP contribution in [0.5, 0.6) is 0 Å². The second-order valence-corrected chi connectivity index (χ2v) is 2.92. The molecular formula is C7H6BrN3. The summed E-state index contributed by atoms with van der Waals surface area (Å²) in [5.41, 5.74) is 6.00. The summed E-state index contributed by atoms with van der Waals surface area (Å²) >= 11 is 3.23. The third kappa shape index (κ3) is 2.00. The summed E-state index contributed by atoms with van der Waals surface area (Å²) in [6.07, 6.45) is 1.62. The first-order valence-electron chi connectivity index (χ1n) is 3.00. The van der Waals surface area contributed by atoms with E-state index in [1.54, 1.807) is 18.3 Å². The Hall–Kier alpha value is -0.920. The van der Waals surface area contributed by atoms with Crippen LogP contribution in [0.1, 0.15) is 11.7 Å².